The summed E-state index contributed by atoms with van der Waals surface area (Å²) in [6.07, 6.45) is 1.45. The average molecular weight is 696 g/mol. The maximum Gasteiger partial charge on any atom is 0.237 e. The Morgan fingerprint density at radius 2 is 1.93 bits per heavy atom. The molecule has 0 saturated carbocycles. The van der Waals surface area contributed by atoms with Crippen molar-refractivity contribution in [2.75, 3.05) is 51.6 Å². The van der Waals surface area contributed by atoms with Crippen molar-refractivity contribution >= 4 is 51.7 Å². The van der Waals surface area contributed by atoms with Crippen LogP contribution in [0.1, 0.15) is 50.7 Å². The zero-order valence-electron chi connectivity index (χ0n) is 24.2. The molecule has 10 heteroatoms. The molecule has 5 rings (SSSR count). The van der Waals surface area contributed by atoms with Gasteiger partial charge < -0.3 is 25.8 Å². The van der Waals surface area contributed by atoms with Gasteiger partial charge >= 0.3 is 0 Å². The number of anilines is 1. The van der Waals surface area contributed by atoms with E-state index < -0.39 is 23.4 Å². The molecule has 41 heavy (non-hydrogen) atoms. The van der Waals surface area contributed by atoms with Gasteiger partial charge in [0, 0.05) is 55.4 Å². The molecule has 222 valence electrons. The molecule has 2 amide bonds. The standard InChI is InChI=1S/C31H40ClFIN5O2/c1-30(2,3)18-25-31(21-16-22(33)23(34)17-24(21)36-29(31)41)26(19-7-5-8-20(32)15-19)27(37-25)28(40)35-9-6-10-39-13-11-38(4)12-14-39/h5,7-8,15-17,25-27,37H,6,9-14,18H2,1-4H3,(H,35,40)(H,36,41)/t25-,26+,27-,31+/m1/s1. The lowest BCUT2D eigenvalue weighted by Gasteiger charge is -2.37. The van der Waals surface area contributed by atoms with Crippen LogP contribution in [0.5, 0.6) is 0 Å². The highest BCUT2D eigenvalue weighted by Crippen LogP contribution is 2.56. The van der Waals surface area contributed by atoms with Gasteiger partial charge in [0.25, 0.3) is 0 Å². The van der Waals surface area contributed by atoms with Crippen molar-refractivity contribution in [3.8, 4) is 0 Å². The second-order valence-corrected chi connectivity index (χ2v) is 14.5. The third kappa shape index (κ3) is 6.16. The van der Waals surface area contributed by atoms with Crippen molar-refractivity contribution in [1.82, 2.24) is 20.4 Å². The van der Waals surface area contributed by atoms with Crippen LogP contribution < -0.4 is 16.0 Å². The molecule has 0 bridgehead atoms. The number of carbonyl (C=O) groups excluding carboxylic acids is 2. The quantitative estimate of drug-likeness (QED) is 0.292. The fraction of sp³-hybridized carbons (Fsp3) is 0.548. The molecule has 0 aromatic heterocycles. The van der Waals surface area contributed by atoms with Gasteiger partial charge in [-0.1, -0.05) is 44.5 Å². The Labute approximate surface area is 261 Å². The van der Waals surface area contributed by atoms with E-state index in [4.69, 9.17) is 11.6 Å². The van der Waals surface area contributed by atoms with Crippen LogP contribution in [-0.4, -0.2) is 80.0 Å². The van der Waals surface area contributed by atoms with Crippen LogP contribution in [0.4, 0.5) is 10.1 Å². The molecular weight excluding hydrogens is 656 g/mol. The third-order valence-electron chi connectivity index (χ3n) is 8.74. The molecule has 3 N–H and O–H groups in total. The van der Waals surface area contributed by atoms with E-state index in [2.05, 4.69) is 53.6 Å². The summed E-state index contributed by atoms with van der Waals surface area (Å²) in [4.78, 5) is 32.9. The zero-order chi connectivity index (χ0) is 29.5. The van der Waals surface area contributed by atoms with Gasteiger partial charge in [0.2, 0.25) is 11.8 Å². The number of piperazine rings is 1. The first-order valence-electron chi connectivity index (χ1n) is 14.4. The summed E-state index contributed by atoms with van der Waals surface area (Å²) >= 11 is 8.41. The Morgan fingerprint density at radius 3 is 2.61 bits per heavy atom. The van der Waals surface area contributed by atoms with E-state index in [1.165, 1.54) is 6.07 Å². The van der Waals surface area contributed by atoms with Crippen LogP contribution >= 0.6 is 34.2 Å². The summed E-state index contributed by atoms with van der Waals surface area (Å²) in [6, 6.07) is 9.43. The van der Waals surface area contributed by atoms with Crippen molar-refractivity contribution in [2.24, 2.45) is 5.41 Å². The fourth-order valence-electron chi connectivity index (χ4n) is 6.83. The molecule has 2 aromatic carbocycles. The number of nitrogens with one attached hydrogen (secondary N) is 3. The summed E-state index contributed by atoms with van der Waals surface area (Å²) < 4.78 is 15.6. The lowest BCUT2D eigenvalue weighted by atomic mass is 9.62. The number of rotatable bonds is 7. The molecular formula is C31H40ClFIN5O2. The molecule has 7 nitrogen and oxygen atoms in total. The molecule has 2 aromatic rings. The van der Waals surface area contributed by atoms with Gasteiger partial charge in [0.15, 0.2) is 0 Å². The number of benzene rings is 2. The highest BCUT2D eigenvalue weighted by Gasteiger charge is 2.65. The average Bonchev–Trinajstić information content (AvgIpc) is 3.37. The number of amides is 2. The van der Waals surface area contributed by atoms with E-state index in [9.17, 15) is 9.59 Å². The zero-order valence-corrected chi connectivity index (χ0v) is 27.1. The number of hydrogen-bond acceptors (Lipinski definition) is 5. The number of halogens is 3. The Kier molecular flexibility index (Phi) is 9.03. The minimum atomic E-state index is -1.19. The number of fused-ring (bicyclic) bond motifs is 2. The van der Waals surface area contributed by atoms with Crippen LogP contribution in [0.2, 0.25) is 5.02 Å². The summed E-state index contributed by atoms with van der Waals surface area (Å²) in [7, 11) is 2.14. The minimum Gasteiger partial charge on any atom is -0.355 e. The van der Waals surface area contributed by atoms with Gasteiger partial charge in [0.05, 0.1) is 9.61 Å². The predicted molar refractivity (Wildman–Crippen MR) is 170 cm³/mol. The first-order valence-corrected chi connectivity index (χ1v) is 15.9. The van der Waals surface area contributed by atoms with E-state index in [0.717, 1.165) is 44.7 Å². The topological polar surface area (TPSA) is 76.7 Å². The molecule has 0 unspecified atom stereocenters. The number of likely N-dealkylation sites (N-methyl/N-ethyl adjacent to an activating group) is 1. The number of carbonyl (C=O) groups is 2. The van der Waals surface area contributed by atoms with E-state index in [0.29, 0.717) is 32.8 Å². The van der Waals surface area contributed by atoms with Crippen molar-refractivity contribution in [3.63, 3.8) is 0 Å². The van der Waals surface area contributed by atoms with E-state index in [1.54, 1.807) is 12.1 Å². The van der Waals surface area contributed by atoms with Crippen molar-refractivity contribution in [1.29, 1.82) is 0 Å². The molecule has 2 saturated heterocycles. The van der Waals surface area contributed by atoms with Gasteiger partial charge in [0.1, 0.15) is 11.2 Å². The molecule has 2 fully saturated rings. The highest BCUT2D eigenvalue weighted by molar-refractivity contribution is 14.1. The number of nitrogens with zero attached hydrogens (tertiary/aromatic N) is 2. The molecule has 3 heterocycles. The Balaban J connectivity index is 1.50. The van der Waals surface area contributed by atoms with Gasteiger partial charge in [-0.25, -0.2) is 4.39 Å². The van der Waals surface area contributed by atoms with E-state index >= 15 is 4.39 Å². The van der Waals surface area contributed by atoms with Crippen LogP contribution in [0, 0.1) is 14.8 Å². The van der Waals surface area contributed by atoms with Crippen molar-refractivity contribution in [2.45, 2.75) is 57.0 Å². The lowest BCUT2D eigenvalue weighted by molar-refractivity contribution is -0.123. The van der Waals surface area contributed by atoms with Crippen molar-refractivity contribution in [3.05, 3.63) is 61.9 Å². The molecule has 1 spiro atoms. The first kappa shape index (κ1) is 30.7. The van der Waals surface area contributed by atoms with Crippen LogP contribution in [0.15, 0.2) is 36.4 Å². The largest absolute Gasteiger partial charge is 0.355 e. The van der Waals surface area contributed by atoms with Crippen LogP contribution in [0.3, 0.4) is 0 Å². The van der Waals surface area contributed by atoms with E-state index in [1.807, 2.05) is 40.8 Å². The third-order valence-corrected chi connectivity index (χ3v) is 9.80. The highest BCUT2D eigenvalue weighted by atomic mass is 127. The second kappa shape index (κ2) is 12.1. The monoisotopic (exact) mass is 695 g/mol. The summed E-state index contributed by atoms with van der Waals surface area (Å²) in [5.41, 5.74) is 0.614. The summed E-state index contributed by atoms with van der Waals surface area (Å²) in [6.45, 7) is 12.0. The maximum absolute atomic E-state index is 15.2. The SMILES string of the molecule is CN1CCN(CCCNC(=O)[C@@H]2N[C@H](CC(C)(C)C)[C@]3(C(=O)Nc4cc(I)c(F)cc43)[C@H]2c2cccc(Cl)c2)CC1. The molecule has 0 radical (unpaired) electrons. The van der Waals surface area contributed by atoms with Gasteiger partial charge in [-0.15, -0.1) is 0 Å². The van der Waals surface area contributed by atoms with Gasteiger partial charge in [-0.2, -0.15) is 0 Å². The summed E-state index contributed by atoms with van der Waals surface area (Å²) in [5.74, 6) is -1.34. The Bertz CT molecular complexity index is 1310. The second-order valence-electron chi connectivity index (χ2n) is 12.9. The normalized spacial score (nSPS) is 26.8. The molecule has 3 aliphatic heterocycles. The first-order chi connectivity index (χ1) is 19.4. The molecule has 0 aliphatic carbocycles. The van der Waals surface area contributed by atoms with Gasteiger partial charge in [-0.05, 0) is 89.8 Å². The minimum absolute atomic E-state index is 0.156. The number of hydrogen-bond donors (Lipinski definition) is 3. The van der Waals surface area contributed by atoms with Crippen LogP contribution in [-0.2, 0) is 15.0 Å². The molecule has 3 aliphatic rings. The Morgan fingerprint density at radius 1 is 1.20 bits per heavy atom. The fourth-order valence-corrected chi connectivity index (χ4v) is 7.50. The van der Waals surface area contributed by atoms with Crippen LogP contribution in [0.25, 0.3) is 0 Å². The van der Waals surface area contributed by atoms with Gasteiger partial charge in [-0.3, -0.25) is 9.59 Å². The smallest absolute Gasteiger partial charge is 0.237 e. The lowest BCUT2D eigenvalue weighted by Crippen LogP contribution is -2.49. The van der Waals surface area contributed by atoms with Crippen molar-refractivity contribution < 1.29 is 14.0 Å². The van der Waals surface area contributed by atoms with E-state index in [-0.39, 0.29) is 23.0 Å². The maximum atomic E-state index is 15.2. The molecule has 4 atom stereocenters. The predicted octanol–water partition coefficient (Wildman–Crippen LogP) is 4.59. The Hall–Kier alpha value is -1.79. The summed E-state index contributed by atoms with van der Waals surface area (Å²) in [5, 5.41) is 10.3.